The zero-order valence-electron chi connectivity index (χ0n) is 21.0. The van der Waals surface area contributed by atoms with Gasteiger partial charge in [0.05, 0.1) is 51.7 Å². The Bertz CT molecular complexity index is 1570. The number of allylic oxidation sites excluding steroid dienone is 1. The summed E-state index contributed by atoms with van der Waals surface area (Å²) in [7, 11) is 1.54. The highest BCUT2D eigenvalue weighted by molar-refractivity contribution is 7.07. The Kier molecular flexibility index (Phi) is 8.11. The molecule has 0 N–H and O–H groups in total. The maximum absolute atomic E-state index is 13.8. The summed E-state index contributed by atoms with van der Waals surface area (Å²) >= 11 is 13.7. The van der Waals surface area contributed by atoms with E-state index in [1.54, 1.807) is 57.4 Å². The molecular weight excluding hydrogens is 535 g/mol. The largest absolute Gasteiger partial charge is 0.493 e. The summed E-state index contributed by atoms with van der Waals surface area (Å²) in [6.45, 7) is 7.49. The average molecular weight is 561 g/mol. The van der Waals surface area contributed by atoms with Crippen LogP contribution in [0.25, 0.3) is 6.08 Å². The predicted octanol–water partition coefficient (Wildman–Crippen LogP) is 4.90. The normalized spacial score (nSPS) is 15.5. The maximum Gasteiger partial charge on any atom is 0.338 e. The van der Waals surface area contributed by atoms with Crippen molar-refractivity contribution in [2.45, 2.75) is 39.8 Å². The zero-order valence-corrected chi connectivity index (χ0v) is 23.3. The molecule has 1 aliphatic heterocycles. The van der Waals surface area contributed by atoms with Crippen molar-refractivity contribution in [1.82, 2.24) is 4.57 Å². The third-order valence-corrected chi connectivity index (χ3v) is 7.47. The van der Waals surface area contributed by atoms with Crippen molar-refractivity contribution < 1.29 is 19.0 Å². The van der Waals surface area contributed by atoms with Crippen LogP contribution < -0.4 is 24.4 Å². The zero-order chi connectivity index (χ0) is 26.9. The molecule has 3 aromatic rings. The van der Waals surface area contributed by atoms with Crippen molar-refractivity contribution in [3.63, 3.8) is 0 Å². The second-order valence-electron chi connectivity index (χ2n) is 8.52. The van der Waals surface area contributed by atoms with Gasteiger partial charge in [-0.25, -0.2) is 9.79 Å². The lowest BCUT2D eigenvalue weighted by Gasteiger charge is -2.25. The van der Waals surface area contributed by atoms with Gasteiger partial charge in [0.2, 0.25) is 0 Å². The summed E-state index contributed by atoms with van der Waals surface area (Å²) in [4.78, 5) is 31.9. The van der Waals surface area contributed by atoms with E-state index in [2.05, 4.69) is 4.99 Å². The molecule has 2 heterocycles. The highest BCUT2D eigenvalue weighted by Gasteiger charge is 2.34. The van der Waals surface area contributed by atoms with Crippen molar-refractivity contribution in [2.75, 3.05) is 13.7 Å². The van der Waals surface area contributed by atoms with Crippen LogP contribution in [-0.2, 0) is 9.53 Å². The molecule has 1 aromatic heterocycles. The number of nitrogens with zero attached hydrogens (tertiary/aromatic N) is 2. The first-order valence-corrected chi connectivity index (χ1v) is 13.2. The topological polar surface area (TPSA) is 79.1 Å². The van der Waals surface area contributed by atoms with Crippen LogP contribution in [0.2, 0.25) is 10.0 Å². The summed E-state index contributed by atoms with van der Waals surface area (Å²) in [5.74, 6) is 0.502. The van der Waals surface area contributed by atoms with Crippen LogP contribution in [0.5, 0.6) is 11.5 Å². The lowest BCUT2D eigenvalue weighted by atomic mass is 9.95. The standard InChI is InChI=1S/C27H26Cl2N2O5S/c1-6-35-26(33)22-15(4)30-27-31(24(22)17-10-11-19(36-14(2)3)20(12-17)34-5)25(32)21(37-27)13-16-8-7-9-18(28)23(16)29/h7-14,24H,6H2,1-5H3/b21-13+/t24-/m1/s1. The second kappa shape index (κ2) is 11.1. The highest BCUT2D eigenvalue weighted by Crippen LogP contribution is 2.36. The van der Waals surface area contributed by atoms with E-state index in [4.69, 9.17) is 37.4 Å². The maximum atomic E-state index is 13.8. The number of hydrogen-bond acceptors (Lipinski definition) is 7. The monoisotopic (exact) mass is 560 g/mol. The number of esters is 1. The van der Waals surface area contributed by atoms with Gasteiger partial charge in [-0.05, 0) is 63.1 Å². The number of carbonyl (C=O) groups is 1. The van der Waals surface area contributed by atoms with Crippen molar-refractivity contribution in [2.24, 2.45) is 4.99 Å². The highest BCUT2D eigenvalue weighted by atomic mass is 35.5. The molecule has 0 bridgehead atoms. The van der Waals surface area contributed by atoms with Crippen LogP contribution >= 0.6 is 34.5 Å². The van der Waals surface area contributed by atoms with Crippen molar-refractivity contribution in [3.8, 4) is 11.5 Å². The number of methoxy groups -OCH3 is 1. The van der Waals surface area contributed by atoms with Crippen LogP contribution in [0.3, 0.4) is 0 Å². The molecule has 2 aromatic carbocycles. The second-order valence-corrected chi connectivity index (χ2v) is 10.3. The number of ether oxygens (including phenoxy) is 3. The van der Waals surface area contributed by atoms with E-state index < -0.39 is 12.0 Å². The SMILES string of the molecule is CCOC(=O)C1=C(C)N=c2s/c(=C/c3cccc(Cl)c3Cl)c(=O)n2[C@@H]1c1ccc(OC(C)C)c(OC)c1. The van der Waals surface area contributed by atoms with Gasteiger partial charge < -0.3 is 14.2 Å². The van der Waals surface area contributed by atoms with Crippen LogP contribution in [-0.4, -0.2) is 30.4 Å². The average Bonchev–Trinajstić information content (AvgIpc) is 3.15. The Morgan fingerprint density at radius 3 is 2.65 bits per heavy atom. The molecule has 37 heavy (non-hydrogen) atoms. The quantitative estimate of drug-likeness (QED) is 0.384. The molecule has 0 amide bonds. The molecule has 7 nitrogen and oxygen atoms in total. The molecule has 0 aliphatic carbocycles. The Hall–Kier alpha value is -3.07. The third kappa shape index (κ3) is 5.32. The molecule has 0 unspecified atom stereocenters. The summed E-state index contributed by atoms with van der Waals surface area (Å²) < 4.78 is 18.7. The third-order valence-electron chi connectivity index (χ3n) is 5.65. The minimum absolute atomic E-state index is 0.0621. The molecule has 10 heteroatoms. The van der Waals surface area contributed by atoms with Gasteiger partial charge in [-0.3, -0.25) is 9.36 Å². The molecule has 0 radical (unpaired) electrons. The Balaban J connectivity index is 1.96. The van der Waals surface area contributed by atoms with E-state index in [-0.39, 0.29) is 23.8 Å². The number of fused-ring (bicyclic) bond motifs is 1. The molecule has 0 fully saturated rings. The molecule has 0 saturated heterocycles. The summed E-state index contributed by atoms with van der Waals surface area (Å²) in [6.07, 6.45) is 1.62. The summed E-state index contributed by atoms with van der Waals surface area (Å²) in [5.41, 5.74) is 1.69. The van der Waals surface area contributed by atoms with Gasteiger partial charge in [-0.2, -0.15) is 0 Å². The number of aromatic nitrogens is 1. The number of carbonyl (C=O) groups excluding carboxylic acids is 1. The number of thiazole rings is 1. The molecule has 1 atom stereocenters. The fraction of sp³-hybridized carbons (Fsp3) is 0.296. The number of benzene rings is 2. The Morgan fingerprint density at radius 2 is 1.97 bits per heavy atom. The summed E-state index contributed by atoms with van der Waals surface area (Å²) in [6, 6.07) is 9.78. The van der Waals surface area contributed by atoms with Crippen molar-refractivity contribution in [3.05, 3.63) is 88.5 Å². The Morgan fingerprint density at radius 1 is 1.22 bits per heavy atom. The van der Waals surface area contributed by atoms with Crippen LogP contribution in [0.15, 0.2) is 57.5 Å². The summed E-state index contributed by atoms with van der Waals surface area (Å²) in [5, 5.41) is 0.734. The van der Waals surface area contributed by atoms with Gasteiger partial charge in [0.15, 0.2) is 16.3 Å². The van der Waals surface area contributed by atoms with Crippen LogP contribution in [0, 0.1) is 0 Å². The molecular formula is C27H26Cl2N2O5S. The molecule has 194 valence electrons. The minimum atomic E-state index is -0.783. The predicted molar refractivity (Wildman–Crippen MR) is 146 cm³/mol. The first-order chi connectivity index (χ1) is 17.7. The molecule has 1 aliphatic rings. The lowest BCUT2D eigenvalue weighted by Crippen LogP contribution is -2.40. The van der Waals surface area contributed by atoms with Crippen LogP contribution in [0.1, 0.15) is 44.9 Å². The van der Waals surface area contributed by atoms with Gasteiger partial charge >= 0.3 is 5.97 Å². The first kappa shape index (κ1) is 27.0. The van der Waals surface area contributed by atoms with E-state index in [9.17, 15) is 9.59 Å². The van der Waals surface area contributed by atoms with E-state index >= 15 is 0 Å². The number of rotatable bonds is 7. The van der Waals surface area contributed by atoms with E-state index in [0.29, 0.717) is 47.7 Å². The Labute approximate surface area is 228 Å². The van der Waals surface area contributed by atoms with Gasteiger partial charge in [-0.1, -0.05) is 52.7 Å². The lowest BCUT2D eigenvalue weighted by molar-refractivity contribution is -0.139. The first-order valence-electron chi connectivity index (χ1n) is 11.6. The fourth-order valence-electron chi connectivity index (χ4n) is 4.09. The van der Waals surface area contributed by atoms with Crippen LogP contribution in [0.4, 0.5) is 0 Å². The van der Waals surface area contributed by atoms with E-state index in [0.717, 1.165) is 0 Å². The van der Waals surface area contributed by atoms with Crippen molar-refractivity contribution >= 4 is 46.6 Å². The van der Waals surface area contributed by atoms with Gasteiger partial charge in [-0.15, -0.1) is 0 Å². The number of hydrogen-bond donors (Lipinski definition) is 0. The fourth-order valence-corrected chi connectivity index (χ4v) is 5.49. The van der Waals surface area contributed by atoms with Gasteiger partial charge in [0.1, 0.15) is 0 Å². The number of halogens is 2. The van der Waals surface area contributed by atoms with E-state index in [1.165, 1.54) is 15.9 Å². The smallest absolute Gasteiger partial charge is 0.338 e. The minimum Gasteiger partial charge on any atom is -0.493 e. The van der Waals surface area contributed by atoms with Gasteiger partial charge in [0.25, 0.3) is 5.56 Å². The van der Waals surface area contributed by atoms with E-state index in [1.807, 2.05) is 19.9 Å². The van der Waals surface area contributed by atoms with Crippen molar-refractivity contribution in [1.29, 1.82) is 0 Å². The molecule has 0 saturated carbocycles. The van der Waals surface area contributed by atoms with Gasteiger partial charge in [0, 0.05) is 0 Å². The molecule has 0 spiro atoms. The molecule has 4 rings (SSSR count).